The summed E-state index contributed by atoms with van der Waals surface area (Å²) < 4.78 is 15.6. The van der Waals surface area contributed by atoms with Crippen LogP contribution in [0.3, 0.4) is 0 Å². The van der Waals surface area contributed by atoms with Gasteiger partial charge in [-0.2, -0.15) is 5.26 Å². The van der Waals surface area contributed by atoms with Crippen LogP contribution in [0.2, 0.25) is 0 Å². The van der Waals surface area contributed by atoms with Gasteiger partial charge >= 0.3 is 0 Å². The predicted molar refractivity (Wildman–Crippen MR) is 147 cm³/mol. The maximum Gasteiger partial charge on any atom is 0.270 e. The smallest absolute Gasteiger partial charge is 0.270 e. The molecule has 0 aliphatic carbocycles. The first kappa shape index (κ1) is 25.9. The fraction of sp³-hybridized carbons (Fsp3) is 0.385. The first-order valence-electron chi connectivity index (χ1n) is 12.0. The van der Waals surface area contributed by atoms with Crippen LogP contribution in [0.4, 0.5) is 15.9 Å². The molecule has 0 spiro atoms. The van der Waals surface area contributed by atoms with Crippen molar-refractivity contribution in [3.05, 3.63) is 62.0 Å². The Morgan fingerprint density at radius 3 is 2.31 bits per heavy atom. The van der Waals surface area contributed by atoms with E-state index in [2.05, 4.69) is 15.9 Å². The van der Waals surface area contributed by atoms with Gasteiger partial charge in [-0.3, -0.25) is 19.1 Å². The number of anilines is 2. The van der Waals surface area contributed by atoms with Gasteiger partial charge in [0.2, 0.25) is 0 Å². The quantitative estimate of drug-likeness (QED) is 0.415. The molecule has 2 aliphatic rings. The Labute approximate surface area is 219 Å². The summed E-state index contributed by atoms with van der Waals surface area (Å²) >= 11 is 6.63. The molecule has 2 saturated heterocycles. The van der Waals surface area contributed by atoms with Crippen molar-refractivity contribution < 1.29 is 9.18 Å². The van der Waals surface area contributed by atoms with Crippen LogP contribution in [0, 0.1) is 24.1 Å². The van der Waals surface area contributed by atoms with Gasteiger partial charge in [0.15, 0.2) is 0 Å². The van der Waals surface area contributed by atoms with Crippen LogP contribution < -0.4 is 15.4 Å². The van der Waals surface area contributed by atoms with E-state index in [0.717, 1.165) is 11.5 Å². The molecule has 3 heterocycles. The van der Waals surface area contributed by atoms with Crippen LogP contribution in [0.5, 0.6) is 0 Å². The van der Waals surface area contributed by atoms with Crippen molar-refractivity contribution in [3.63, 3.8) is 0 Å². The number of carbonyl (C=O) groups is 1. The molecule has 0 saturated carbocycles. The van der Waals surface area contributed by atoms with Crippen molar-refractivity contribution in [1.82, 2.24) is 9.47 Å². The number of hydrogen-bond donors (Lipinski definition) is 0. The zero-order valence-corrected chi connectivity index (χ0v) is 22.2. The summed E-state index contributed by atoms with van der Waals surface area (Å²) in [4.78, 5) is 32.7. The summed E-state index contributed by atoms with van der Waals surface area (Å²) in [6, 6.07) is 8.53. The number of pyridine rings is 1. The fourth-order valence-electron chi connectivity index (χ4n) is 4.65. The van der Waals surface area contributed by atoms with Gasteiger partial charge in [0.05, 0.1) is 4.91 Å². The number of aromatic nitrogens is 1. The molecule has 188 valence electrons. The normalized spacial score (nSPS) is 17.3. The van der Waals surface area contributed by atoms with Crippen LogP contribution >= 0.6 is 24.0 Å². The SMILES string of the molecule is CCCn1c(N2CCN(c3ccc(F)cc3)CC2)c(/C=C2/SC(=S)N(CC)C2=O)c(C)c(C#N)c1=O. The van der Waals surface area contributed by atoms with Crippen LogP contribution in [-0.2, 0) is 11.3 Å². The third-order valence-electron chi connectivity index (χ3n) is 6.53. The maximum atomic E-state index is 13.4. The largest absolute Gasteiger partial charge is 0.368 e. The number of benzene rings is 1. The Balaban J connectivity index is 1.79. The molecule has 2 fully saturated rings. The number of thiocarbonyl (C=S) groups is 1. The molecule has 0 bridgehead atoms. The number of rotatable bonds is 6. The number of hydrogen-bond acceptors (Lipinski definition) is 7. The van der Waals surface area contributed by atoms with Gasteiger partial charge in [-0.25, -0.2) is 4.39 Å². The lowest BCUT2D eigenvalue weighted by molar-refractivity contribution is -0.121. The van der Waals surface area contributed by atoms with E-state index in [1.165, 1.54) is 23.9 Å². The molecule has 7 nitrogen and oxygen atoms in total. The first-order valence-corrected chi connectivity index (χ1v) is 13.2. The molecule has 4 rings (SSSR count). The highest BCUT2D eigenvalue weighted by atomic mass is 32.2. The van der Waals surface area contributed by atoms with Gasteiger partial charge in [-0.1, -0.05) is 30.9 Å². The van der Waals surface area contributed by atoms with Gasteiger partial charge < -0.3 is 9.80 Å². The van der Waals surface area contributed by atoms with E-state index in [1.54, 1.807) is 34.6 Å². The van der Waals surface area contributed by atoms with Crippen molar-refractivity contribution in [3.8, 4) is 6.07 Å². The highest BCUT2D eigenvalue weighted by Crippen LogP contribution is 2.36. The summed E-state index contributed by atoms with van der Waals surface area (Å²) in [5.74, 6) is 0.289. The molecule has 0 radical (unpaired) electrons. The summed E-state index contributed by atoms with van der Waals surface area (Å²) in [5.41, 5.74) is 1.99. The second-order valence-corrected chi connectivity index (χ2v) is 10.4. The lowest BCUT2D eigenvalue weighted by Gasteiger charge is -2.39. The molecule has 10 heteroatoms. The van der Waals surface area contributed by atoms with E-state index in [0.29, 0.717) is 66.0 Å². The Kier molecular flexibility index (Phi) is 7.81. The van der Waals surface area contributed by atoms with Crippen LogP contribution in [0.1, 0.15) is 37.0 Å². The van der Waals surface area contributed by atoms with Crippen molar-refractivity contribution in [2.24, 2.45) is 0 Å². The van der Waals surface area contributed by atoms with E-state index in [9.17, 15) is 19.2 Å². The molecule has 2 aliphatic heterocycles. The number of piperazine rings is 1. The number of amides is 1. The van der Waals surface area contributed by atoms with E-state index in [1.807, 2.05) is 13.8 Å². The van der Waals surface area contributed by atoms with Crippen molar-refractivity contribution in [2.75, 3.05) is 42.5 Å². The predicted octanol–water partition coefficient (Wildman–Crippen LogP) is 4.13. The second-order valence-electron chi connectivity index (χ2n) is 8.68. The highest BCUT2D eigenvalue weighted by molar-refractivity contribution is 8.26. The third-order valence-corrected chi connectivity index (χ3v) is 7.91. The highest BCUT2D eigenvalue weighted by Gasteiger charge is 2.32. The first-order chi connectivity index (χ1) is 17.3. The van der Waals surface area contributed by atoms with E-state index < -0.39 is 0 Å². The van der Waals surface area contributed by atoms with Crippen molar-refractivity contribution >= 4 is 51.8 Å². The minimum Gasteiger partial charge on any atom is -0.368 e. The lowest BCUT2D eigenvalue weighted by Crippen LogP contribution is -2.48. The summed E-state index contributed by atoms with van der Waals surface area (Å²) in [5, 5.41) is 9.80. The molecule has 36 heavy (non-hydrogen) atoms. The molecular formula is C26H28FN5O2S2. The molecule has 1 aromatic heterocycles. The minimum absolute atomic E-state index is 0.0920. The lowest BCUT2D eigenvalue weighted by atomic mass is 10.0. The van der Waals surface area contributed by atoms with E-state index >= 15 is 0 Å². The van der Waals surface area contributed by atoms with Crippen LogP contribution in [-0.4, -0.2) is 52.4 Å². The third kappa shape index (κ3) is 4.77. The maximum absolute atomic E-state index is 13.4. The van der Waals surface area contributed by atoms with Crippen LogP contribution in [0.15, 0.2) is 34.0 Å². The Bertz CT molecular complexity index is 1320. The number of nitrogens with zero attached hydrogens (tertiary/aromatic N) is 5. The number of nitriles is 1. The molecule has 1 aromatic carbocycles. The summed E-state index contributed by atoms with van der Waals surface area (Å²) in [6.07, 6.45) is 2.51. The minimum atomic E-state index is -0.314. The average molecular weight is 526 g/mol. The number of likely N-dealkylation sites (N-methyl/N-ethyl adjacent to an activating group) is 1. The number of halogens is 1. The van der Waals surface area contributed by atoms with Gasteiger partial charge in [0, 0.05) is 50.5 Å². The van der Waals surface area contributed by atoms with E-state index in [4.69, 9.17) is 12.2 Å². The standard InChI is InChI=1S/C26H28FN5O2S2/c1-4-10-32-23(30-13-11-29(12-14-30)19-8-6-18(27)7-9-19)20(17(3)21(16-28)24(32)33)15-22-25(34)31(5-2)26(35)36-22/h6-9,15H,4-5,10-14H2,1-3H3/b22-15+. The molecule has 0 N–H and O–H groups in total. The molecular weight excluding hydrogens is 497 g/mol. The summed E-state index contributed by atoms with van der Waals surface area (Å²) in [6.45, 7) is 9.19. The van der Waals surface area contributed by atoms with E-state index in [-0.39, 0.29) is 22.8 Å². The van der Waals surface area contributed by atoms with Crippen molar-refractivity contribution in [2.45, 2.75) is 33.7 Å². The van der Waals surface area contributed by atoms with Crippen molar-refractivity contribution in [1.29, 1.82) is 5.26 Å². The molecule has 0 atom stereocenters. The average Bonchev–Trinajstić information content (AvgIpc) is 3.15. The fourth-order valence-corrected chi connectivity index (χ4v) is 6.01. The molecule has 1 amide bonds. The summed E-state index contributed by atoms with van der Waals surface area (Å²) in [7, 11) is 0. The van der Waals surface area contributed by atoms with Gasteiger partial charge in [0.1, 0.15) is 27.6 Å². The Hall–Kier alpha value is -3.16. The molecule has 0 unspecified atom stereocenters. The van der Waals surface area contributed by atoms with Gasteiger partial charge in [-0.05, 0) is 56.2 Å². The molecule has 2 aromatic rings. The number of carbonyl (C=O) groups excluding carboxylic acids is 1. The monoisotopic (exact) mass is 525 g/mol. The Morgan fingerprint density at radius 2 is 1.75 bits per heavy atom. The number of thioether (sulfide) groups is 1. The zero-order valence-electron chi connectivity index (χ0n) is 20.6. The van der Waals surface area contributed by atoms with Gasteiger partial charge in [-0.15, -0.1) is 0 Å². The van der Waals surface area contributed by atoms with Gasteiger partial charge in [0.25, 0.3) is 11.5 Å². The second kappa shape index (κ2) is 10.8. The van der Waals surface area contributed by atoms with Crippen LogP contribution in [0.25, 0.3) is 6.08 Å². The Morgan fingerprint density at radius 1 is 1.11 bits per heavy atom. The zero-order chi connectivity index (χ0) is 26.0. The topological polar surface area (TPSA) is 72.6 Å².